The molecule has 0 aliphatic carbocycles. The van der Waals surface area contributed by atoms with E-state index in [0.717, 1.165) is 17.9 Å². The fraction of sp³-hybridized carbons (Fsp3) is 0.438. The second-order valence-electron chi connectivity index (χ2n) is 4.99. The van der Waals surface area contributed by atoms with Crippen LogP contribution in [0.5, 0.6) is 5.75 Å². The van der Waals surface area contributed by atoms with Gasteiger partial charge in [-0.05, 0) is 24.1 Å². The number of amides is 1. The number of carbonyl (C=O) groups is 1. The van der Waals surface area contributed by atoms with E-state index in [9.17, 15) is 4.79 Å². The lowest BCUT2D eigenvalue weighted by molar-refractivity contribution is -0.128. The lowest BCUT2D eigenvalue weighted by Gasteiger charge is -2.16. The maximum Gasteiger partial charge on any atom is 0.223 e. The molecule has 4 nitrogen and oxygen atoms in total. The zero-order valence-electron chi connectivity index (χ0n) is 11.6. The number of aliphatic hydroxyl groups excluding tert-OH is 1. The molecule has 1 unspecified atom stereocenters. The van der Waals surface area contributed by atoms with Crippen molar-refractivity contribution in [3.8, 4) is 17.6 Å². The SMILES string of the molecule is CC1CC(=O)N(CCOc2cccc(C#CCO)c2)C1. The summed E-state index contributed by atoms with van der Waals surface area (Å²) in [7, 11) is 0. The molecule has 0 bridgehead atoms. The van der Waals surface area contributed by atoms with Crippen molar-refractivity contribution < 1.29 is 14.6 Å². The third kappa shape index (κ3) is 4.01. The minimum Gasteiger partial charge on any atom is -0.492 e. The van der Waals surface area contributed by atoms with Crippen molar-refractivity contribution in [1.82, 2.24) is 4.90 Å². The molecule has 1 N–H and O–H groups in total. The van der Waals surface area contributed by atoms with Gasteiger partial charge in [0.2, 0.25) is 5.91 Å². The highest BCUT2D eigenvalue weighted by molar-refractivity contribution is 5.78. The summed E-state index contributed by atoms with van der Waals surface area (Å²) < 4.78 is 5.65. The molecule has 1 aliphatic heterocycles. The highest BCUT2D eigenvalue weighted by atomic mass is 16.5. The number of aliphatic hydroxyl groups is 1. The zero-order chi connectivity index (χ0) is 14.4. The van der Waals surface area contributed by atoms with Crippen molar-refractivity contribution in [2.24, 2.45) is 5.92 Å². The molecule has 1 fully saturated rings. The molecule has 1 aliphatic rings. The Labute approximate surface area is 119 Å². The Morgan fingerprint density at radius 1 is 1.50 bits per heavy atom. The summed E-state index contributed by atoms with van der Waals surface area (Å²) in [6, 6.07) is 7.41. The van der Waals surface area contributed by atoms with Gasteiger partial charge in [0.25, 0.3) is 0 Å². The van der Waals surface area contributed by atoms with E-state index >= 15 is 0 Å². The van der Waals surface area contributed by atoms with Crippen LogP contribution in [0.25, 0.3) is 0 Å². The average Bonchev–Trinajstić information content (AvgIpc) is 2.75. The minimum absolute atomic E-state index is 0.152. The summed E-state index contributed by atoms with van der Waals surface area (Å²) in [5.74, 6) is 6.82. The van der Waals surface area contributed by atoms with E-state index in [1.807, 2.05) is 29.2 Å². The van der Waals surface area contributed by atoms with E-state index in [1.165, 1.54) is 0 Å². The molecule has 106 valence electrons. The highest BCUT2D eigenvalue weighted by Crippen LogP contribution is 2.17. The van der Waals surface area contributed by atoms with Gasteiger partial charge in [0.1, 0.15) is 19.0 Å². The summed E-state index contributed by atoms with van der Waals surface area (Å²) in [6.45, 7) is 3.86. The van der Waals surface area contributed by atoms with Gasteiger partial charge in [-0.15, -0.1) is 0 Å². The predicted octanol–water partition coefficient (Wildman–Crippen LogP) is 1.28. The van der Waals surface area contributed by atoms with E-state index in [0.29, 0.717) is 25.5 Å². The summed E-state index contributed by atoms with van der Waals surface area (Å²) >= 11 is 0. The van der Waals surface area contributed by atoms with E-state index in [2.05, 4.69) is 18.8 Å². The third-order valence-corrected chi connectivity index (χ3v) is 3.18. The fourth-order valence-corrected chi connectivity index (χ4v) is 2.26. The number of nitrogens with zero attached hydrogens (tertiary/aromatic N) is 1. The lowest BCUT2D eigenvalue weighted by Crippen LogP contribution is -2.29. The van der Waals surface area contributed by atoms with Crippen molar-refractivity contribution in [2.75, 3.05) is 26.3 Å². The van der Waals surface area contributed by atoms with Crippen LogP contribution in [0.15, 0.2) is 24.3 Å². The maximum absolute atomic E-state index is 11.6. The van der Waals surface area contributed by atoms with Gasteiger partial charge < -0.3 is 14.7 Å². The van der Waals surface area contributed by atoms with Crippen molar-refractivity contribution in [3.63, 3.8) is 0 Å². The highest BCUT2D eigenvalue weighted by Gasteiger charge is 2.25. The van der Waals surface area contributed by atoms with Crippen LogP contribution in [0.1, 0.15) is 18.9 Å². The molecule has 1 atom stereocenters. The number of ether oxygens (including phenoxy) is 1. The Bertz CT molecular complexity index is 530. The summed E-state index contributed by atoms with van der Waals surface area (Å²) in [4.78, 5) is 13.5. The van der Waals surface area contributed by atoms with Gasteiger partial charge in [0.05, 0.1) is 6.54 Å². The van der Waals surface area contributed by atoms with Gasteiger partial charge in [0, 0.05) is 18.5 Å². The van der Waals surface area contributed by atoms with Gasteiger partial charge in [-0.25, -0.2) is 0 Å². The van der Waals surface area contributed by atoms with Crippen molar-refractivity contribution in [2.45, 2.75) is 13.3 Å². The molecular formula is C16H19NO3. The summed E-state index contributed by atoms with van der Waals surface area (Å²) in [5, 5.41) is 8.66. The molecule has 0 radical (unpaired) electrons. The number of benzene rings is 1. The largest absolute Gasteiger partial charge is 0.492 e. The van der Waals surface area contributed by atoms with Gasteiger partial charge in [-0.2, -0.15) is 0 Å². The molecule has 0 spiro atoms. The van der Waals surface area contributed by atoms with E-state index in [1.54, 1.807) is 0 Å². The molecule has 1 heterocycles. The second kappa shape index (κ2) is 6.97. The Morgan fingerprint density at radius 2 is 2.35 bits per heavy atom. The fourth-order valence-electron chi connectivity index (χ4n) is 2.26. The average molecular weight is 273 g/mol. The molecular weight excluding hydrogens is 254 g/mol. The first-order valence-electron chi connectivity index (χ1n) is 6.79. The van der Waals surface area contributed by atoms with Gasteiger partial charge in [0.15, 0.2) is 0 Å². The summed E-state index contributed by atoms with van der Waals surface area (Å²) in [5.41, 5.74) is 0.808. The Morgan fingerprint density at radius 3 is 3.05 bits per heavy atom. The molecule has 20 heavy (non-hydrogen) atoms. The first-order chi connectivity index (χ1) is 9.69. The van der Waals surface area contributed by atoms with Crippen LogP contribution in [0.3, 0.4) is 0 Å². The molecule has 1 amide bonds. The Kier molecular flexibility index (Phi) is 5.03. The normalized spacial score (nSPS) is 17.8. The second-order valence-corrected chi connectivity index (χ2v) is 4.99. The first kappa shape index (κ1) is 14.4. The standard InChI is InChI=1S/C16H19NO3/c1-13-10-16(19)17(12-13)7-9-20-15-6-2-4-14(11-15)5-3-8-18/h2,4,6,11,13,18H,7-10,12H2,1H3. The molecule has 0 saturated carbocycles. The molecule has 2 rings (SSSR count). The van der Waals surface area contributed by atoms with Crippen molar-refractivity contribution >= 4 is 5.91 Å². The number of hydrogen-bond donors (Lipinski definition) is 1. The van der Waals surface area contributed by atoms with Gasteiger partial charge in [-0.1, -0.05) is 24.8 Å². The van der Waals surface area contributed by atoms with E-state index < -0.39 is 0 Å². The first-order valence-corrected chi connectivity index (χ1v) is 6.79. The Hall–Kier alpha value is -1.99. The molecule has 1 saturated heterocycles. The number of likely N-dealkylation sites (tertiary alicyclic amines) is 1. The monoisotopic (exact) mass is 273 g/mol. The smallest absolute Gasteiger partial charge is 0.223 e. The van der Waals surface area contributed by atoms with Crippen LogP contribution >= 0.6 is 0 Å². The number of carbonyl (C=O) groups excluding carboxylic acids is 1. The van der Waals surface area contributed by atoms with Crippen LogP contribution in [0.4, 0.5) is 0 Å². The van der Waals surface area contributed by atoms with Crippen molar-refractivity contribution in [3.05, 3.63) is 29.8 Å². The third-order valence-electron chi connectivity index (χ3n) is 3.18. The van der Waals surface area contributed by atoms with E-state index in [-0.39, 0.29) is 12.5 Å². The predicted molar refractivity (Wildman–Crippen MR) is 76.3 cm³/mol. The van der Waals surface area contributed by atoms with Gasteiger partial charge >= 0.3 is 0 Å². The molecule has 4 heteroatoms. The van der Waals surface area contributed by atoms with Crippen LogP contribution in [0.2, 0.25) is 0 Å². The lowest BCUT2D eigenvalue weighted by atomic mass is 10.2. The summed E-state index contributed by atoms with van der Waals surface area (Å²) in [6.07, 6.45) is 0.645. The molecule has 1 aromatic rings. The van der Waals surface area contributed by atoms with E-state index in [4.69, 9.17) is 9.84 Å². The maximum atomic E-state index is 11.6. The minimum atomic E-state index is -0.152. The van der Waals surface area contributed by atoms with Crippen LogP contribution < -0.4 is 4.74 Å². The molecule has 1 aromatic carbocycles. The van der Waals surface area contributed by atoms with Crippen LogP contribution in [0, 0.1) is 17.8 Å². The zero-order valence-corrected chi connectivity index (χ0v) is 11.6. The topological polar surface area (TPSA) is 49.8 Å². The van der Waals surface area contributed by atoms with Crippen LogP contribution in [-0.2, 0) is 4.79 Å². The quantitative estimate of drug-likeness (QED) is 0.841. The van der Waals surface area contributed by atoms with Crippen LogP contribution in [-0.4, -0.2) is 42.2 Å². The molecule has 0 aromatic heterocycles. The number of hydrogen-bond acceptors (Lipinski definition) is 3. The van der Waals surface area contributed by atoms with Crippen molar-refractivity contribution in [1.29, 1.82) is 0 Å². The Balaban J connectivity index is 1.83. The van der Waals surface area contributed by atoms with Gasteiger partial charge in [-0.3, -0.25) is 4.79 Å². The number of rotatable bonds is 4.